The standard InChI is InChI=1S/C29H31ClN4O4S2/c1-5-34-23(12-9-15-38-22-14-13-21(30)16-18(22)2)32-33-29(34)39-17-24(35)31-27-26(28(36)37-4)25(19(3)40-27)20-10-7-6-8-11-20/h6-8,10-11,13-14,16H,5,9,12,15,17H2,1-4H3,(H,31,35). The first kappa shape index (κ1) is 29.6. The summed E-state index contributed by atoms with van der Waals surface area (Å²) >= 11 is 8.68. The van der Waals surface area contributed by atoms with Crippen LogP contribution in [0.3, 0.4) is 0 Å². The fraction of sp³-hybridized carbons (Fsp3) is 0.310. The maximum atomic E-state index is 12.9. The maximum Gasteiger partial charge on any atom is 0.341 e. The number of amides is 1. The number of carbonyl (C=O) groups is 2. The molecule has 0 radical (unpaired) electrons. The van der Waals surface area contributed by atoms with Crippen LogP contribution in [0.4, 0.5) is 5.00 Å². The average molecular weight is 599 g/mol. The number of anilines is 1. The molecule has 2 aromatic carbocycles. The lowest BCUT2D eigenvalue weighted by atomic mass is 10.0. The van der Waals surface area contributed by atoms with Crippen LogP contribution in [-0.2, 0) is 22.5 Å². The normalized spacial score (nSPS) is 10.9. The molecule has 210 valence electrons. The lowest BCUT2D eigenvalue weighted by Gasteiger charge is -2.10. The first-order valence-corrected chi connectivity index (χ1v) is 15.0. The van der Waals surface area contributed by atoms with E-state index in [-0.39, 0.29) is 11.7 Å². The highest BCUT2D eigenvalue weighted by Gasteiger charge is 2.25. The van der Waals surface area contributed by atoms with Gasteiger partial charge in [0.15, 0.2) is 5.16 Å². The minimum absolute atomic E-state index is 0.120. The fourth-order valence-corrected chi connectivity index (χ4v) is 6.42. The summed E-state index contributed by atoms with van der Waals surface area (Å²) in [5.41, 5.74) is 3.02. The summed E-state index contributed by atoms with van der Waals surface area (Å²) in [4.78, 5) is 26.6. The quantitative estimate of drug-likeness (QED) is 0.108. The van der Waals surface area contributed by atoms with E-state index < -0.39 is 5.97 Å². The molecule has 1 amide bonds. The Morgan fingerprint density at radius 2 is 1.90 bits per heavy atom. The van der Waals surface area contributed by atoms with Crippen molar-refractivity contribution in [2.45, 2.75) is 45.3 Å². The number of halogens is 1. The van der Waals surface area contributed by atoms with E-state index in [2.05, 4.69) is 15.5 Å². The second kappa shape index (κ2) is 13.8. The number of carbonyl (C=O) groups excluding carboxylic acids is 2. The molecule has 0 fully saturated rings. The molecule has 0 saturated heterocycles. The van der Waals surface area contributed by atoms with E-state index in [1.54, 1.807) is 0 Å². The van der Waals surface area contributed by atoms with Crippen molar-refractivity contribution in [1.82, 2.24) is 14.8 Å². The van der Waals surface area contributed by atoms with Gasteiger partial charge in [-0.15, -0.1) is 21.5 Å². The van der Waals surface area contributed by atoms with Gasteiger partial charge in [0.1, 0.15) is 22.1 Å². The van der Waals surface area contributed by atoms with Crippen LogP contribution in [0.1, 0.15) is 40.0 Å². The van der Waals surface area contributed by atoms with Gasteiger partial charge in [0.05, 0.1) is 19.5 Å². The SMILES string of the molecule is CCn1c(CCCOc2ccc(Cl)cc2C)nnc1SCC(=O)Nc1sc(C)c(-c2ccccc2)c1C(=O)OC. The number of aryl methyl sites for hydroxylation is 3. The van der Waals surface area contributed by atoms with Crippen LogP contribution in [0.15, 0.2) is 53.7 Å². The van der Waals surface area contributed by atoms with Crippen LogP contribution in [-0.4, -0.2) is 46.1 Å². The van der Waals surface area contributed by atoms with Crippen molar-refractivity contribution in [2.24, 2.45) is 0 Å². The predicted molar refractivity (Wildman–Crippen MR) is 161 cm³/mol. The Hall–Kier alpha value is -3.34. The van der Waals surface area contributed by atoms with Crippen molar-refractivity contribution in [1.29, 1.82) is 0 Å². The summed E-state index contributed by atoms with van der Waals surface area (Å²) < 4.78 is 13.0. The molecule has 0 saturated carbocycles. The Kier molecular flexibility index (Phi) is 10.2. The number of ether oxygens (including phenoxy) is 2. The number of hydrogen-bond acceptors (Lipinski definition) is 8. The molecule has 8 nitrogen and oxygen atoms in total. The number of thioether (sulfide) groups is 1. The second-order valence-electron chi connectivity index (χ2n) is 8.94. The first-order chi connectivity index (χ1) is 19.3. The smallest absolute Gasteiger partial charge is 0.341 e. The summed E-state index contributed by atoms with van der Waals surface area (Å²) in [5, 5.41) is 13.4. The predicted octanol–water partition coefficient (Wildman–Crippen LogP) is 6.83. The molecule has 2 heterocycles. The van der Waals surface area contributed by atoms with Gasteiger partial charge in [0.25, 0.3) is 0 Å². The first-order valence-electron chi connectivity index (χ1n) is 12.8. The molecular weight excluding hydrogens is 568 g/mol. The van der Waals surface area contributed by atoms with Crippen LogP contribution in [0.5, 0.6) is 5.75 Å². The van der Waals surface area contributed by atoms with Crippen molar-refractivity contribution in [3.05, 3.63) is 75.4 Å². The molecule has 4 rings (SSSR count). The number of methoxy groups -OCH3 is 1. The number of esters is 1. The minimum Gasteiger partial charge on any atom is -0.493 e. The highest BCUT2D eigenvalue weighted by atomic mass is 35.5. The second-order valence-corrected chi connectivity index (χ2v) is 11.5. The van der Waals surface area contributed by atoms with Gasteiger partial charge in [-0.05, 0) is 56.5 Å². The average Bonchev–Trinajstić information content (AvgIpc) is 3.50. The molecule has 1 N–H and O–H groups in total. The van der Waals surface area contributed by atoms with E-state index >= 15 is 0 Å². The third-order valence-electron chi connectivity index (χ3n) is 6.17. The van der Waals surface area contributed by atoms with Gasteiger partial charge < -0.3 is 19.4 Å². The molecule has 0 aliphatic carbocycles. The molecule has 2 aromatic heterocycles. The molecule has 0 spiro atoms. The molecule has 0 atom stereocenters. The molecule has 0 aliphatic rings. The summed E-state index contributed by atoms with van der Waals surface area (Å²) in [5.74, 6) is 1.05. The Labute approximate surface area is 247 Å². The van der Waals surface area contributed by atoms with Crippen LogP contribution in [0.25, 0.3) is 11.1 Å². The summed E-state index contributed by atoms with van der Waals surface area (Å²) in [6.45, 7) is 7.13. The zero-order valence-corrected chi connectivity index (χ0v) is 25.2. The monoisotopic (exact) mass is 598 g/mol. The summed E-state index contributed by atoms with van der Waals surface area (Å²) in [7, 11) is 1.34. The van der Waals surface area contributed by atoms with Crippen LogP contribution < -0.4 is 10.1 Å². The number of nitrogens with zero attached hydrogens (tertiary/aromatic N) is 3. The summed E-state index contributed by atoms with van der Waals surface area (Å²) in [6, 6.07) is 15.2. The van der Waals surface area contributed by atoms with Gasteiger partial charge in [-0.25, -0.2) is 4.79 Å². The Morgan fingerprint density at radius 3 is 2.60 bits per heavy atom. The van der Waals surface area contributed by atoms with Crippen molar-refractivity contribution >= 4 is 51.6 Å². The van der Waals surface area contributed by atoms with Gasteiger partial charge in [0.2, 0.25) is 5.91 Å². The molecule has 4 aromatic rings. The zero-order chi connectivity index (χ0) is 28.6. The number of nitrogens with one attached hydrogen (secondary N) is 1. The molecule has 0 aliphatic heterocycles. The van der Waals surface area contributed by atoms with E-state index in [1.807, 2.05) is 73.9 Å². The maximum absolute atomic E-state index is 12.9. The Morgan fingerprint density at radius 1 is 1.12 bits per heavy atom. The van der Waals surface area contributed by atoms with Crippen molar-refractivity contribution in [3.8, 4) is 16.9 Å². The molecular formula is C29H31ClN4O4S2. The number of rotatable bonds is 12. The Bertz CT molecular complexity index is 1490. The third kappa shape index (κ3) is 7.04. The van der Waals surface area contributed by atoms with Crippen LogP contribution >= 0.6 is 34.7 Å². The van der Waals surface area contributed by atoms with Crippen molar-refractivity contribution in [3.63, 3.8) is 0 Å². The topological polar surface area (TPSA) is 95.3 Å². The van der Waals surface area contributed by atoms with Gasteiger partial charge in [0, 0.05) is 28.4 Å². The van der Waals surface area contributed by atoms with Crippen LogP contribution in [0.2, 0.25) is 5.02 Å². The number of benzene rings is 2. The Balaban J connectivity index is 1.37. The van der Waals surface area contributed by atoms with E-state index in [1.165, 1.54) is 30.2 Å². The van der Waals surface area contributed by atoms with Gasteiger partial charge >= 0.3 is 5.97 Å². The van der Waals surface area contributed by atoms with E-state index in [0.29, 0.717) is 40.3 Å². The van der Waals surface area contributed by atoms with Gasteiger partial charge in [-0.1, -0.05) is 53.7 Å². The molecule has 0 bridgehead atoms. The van der Waals surface area contributed by atoms with E-state index in [9.17, 15) is 9.59 Å². The van der Waals surface area contributed by atoms with Gasteiger partial charge in [-0.2, -0.15) is 0 Å². The largest absolute Gasteiger partial charge is 0.493 e. The minimum atomic E-state index is -0.489. The van der Waals surface area contributed by atoms with E-state index in [0.717, 1.165) is 39.6 Å². The fourth-order valence-electron chi connectivity index (χ4n) is 4.29. The highest BCUT2D eigenvalue weighted by Crippen LogP contribution is 2.40. The number of hydrogen-bond donors (Lipinski definition) is 1. The molecule has 40 heavy (non-hydrogen) atoms. The van der Waals surface area contributed by atoms with Crippen LogP contribution in [0, 0.1) is 13.8 Å². The van der Waals surface area contributed by atoms with E-state index in [4.69, 9.17) is 21.1 Å². The van der Waals surface area contributed by atoms with Crippen molar-refractivity contribution < 1.29 is 19.1 Å². The molecule has 11 heteroatoms. The lowest BCUT2D eigenvalue weighted by molar-refractivity contribution is -0.113. The highest BCUT2D eigenvalue weighted by molar-refractivity contribution is 7.99. The number of aromatic nitrogens is 3. The third-order valence-corrected chi connectivity index (χ3v) is 8.39. The van der Waals surface area contributed by atoms with Gasteiger partial charge in [-0.3, -0.25) is 4.79 Å². The number of thiophene rings is 1. The molecule has 0 unspecified atom stereocenters. The zero-order valence-electron chi connectivity index (χ0n) is 22.8. The van der Waals surface area contributed by atoms with Crippen molar-refractivity contribution in [2.75, 3.05) is 24.8 Å². The lowest BCUT2D eigenvalue weighted by Crippen LogP contribution is -2.16. The summed E-state index contributed by atoms with van der Waals surface area (Å²) in [6.07, 6.45) is 1.46.